The molecule has 5 heterocycles. The molecule has 0 aliphatic carbocycles. The van der Waals surface area contributed by atoms with E-state index in [-0.39, 0.29) is 0 Å². The number of hydrogen-bond acceptors (Lipinski definition) is 6. The number of imidazole rings is 1. The summed E-state index contributed by atoms with van der Waals surface area (Å²) in [6.07, 6.45) is 6.39. The molecule has 4 aromatic rings. The monoisotopic (exact) mass is 377 g/mol. The van der Waals surface area contributed by atoms with Gasteiger partial charge in [0.05, 0.1) is 17.4 Å². The number of aryl methyl sites for hydroxylation is 1. The minimum atomic E-state index is -0.393. The fraction of sp³-hybridized carbons (Fsp3) is 0.300. The second-order valence-corrected chi connectivity index (χ2v) is 7.18. The maximum Gasteiger partial charge on any atom is 0.173 e. The number of rotatable bonds is 3. The number of pyridine rings is 2. The van der Waals surface area contributed by atoms with Crippen molar-refractivity contribution in [3.05, 3.63) is 48.3 Å². The Bertz CT molecular complexity index is 1190. The molecule has 1 atom stereocenters. The molecule has 0 amide bonds. The van der Waals surface area contributed by atoms with Crippen LogP contribution in [-0.4, -0.2) is 50.5 Å². The molecule has 1 aliphatic rings. The Morgan fingerprint density at radius 1 is 1.14 bits per heavy atom. The summed E-state index contributed by atoms with van der Waals surface area (Å²) in [6.45, 7) is 3.76. The van der Waals surface area contributed by atoms with Gasteiger partial charge >= 0.3 is 0 Å². The molecule has 28 heavy (non-hydrogen) atoms. The third kappa shape index (κ3) is 2.86. The zero-order chi connectivity index (χ0) is 19.3. The molecule has 142 valence electrons. The SMILES string of the molecule is CNC1CCN(c2ccc3nc(-c4cc(F)c5nc(C)cn5c4)ncc3n2)C1. The first kappa shape index (κ1) is 17.0. The lowest BCUT2D eigenvalue weighted by atomic mass is 10.2. The number of nitrogens with one attached hydrogen (secondary N) is 1. The Morgan fingerprint density at radius 2 is 2.04 bits per heavy atom. The van der Waals surface area contributed by atoms with E-state index in [0.29, 0.717) is 23.1 Å². The largest absolute Gasteiger partial charge is 0.355 e. The molecule has 0 aromatic carbocycles. The van der Waals surface area contributed by atoms with Gasteiger partial charge in [-0.2, -0.15) is 0 Å². The number of nitrogens with zero attached hydrogens (tertiary/aromatic N) is 6. The summed E-state index contributed by atoms with van der Waals surface area (Å²) < 4.78 is 16.1. The molecule has 0 saturated carbocycles. The average molecular weight is 377 g/mol. The van der Waals surface area contributed by atoms with Gasteiger partial charge in [-0.15, -0.1) is 0 Å². The van der Waals surface area contributed by atoms with Crippen molar-refractivity contribution in [2.45, 2.75) is 19.4 Å². The van der Waals surface area contributed by atoms with Crippen LogP contribution in [-0.2, 0) is 0 Å². The number of aromatic nitrogens is 5. The van der Waals surface area contributed by atoms with Crippen LogP contribution >= 0.6 is 0 Å². The second kappa shape index (κ2) is 6.49. The van der Waals surface area contributed by atoms with Crippen LogP contribution in [0.1, 0.15) is 12.1 Å². The Morgan fingerprint density at radius 3 is 2.86 bits per heavy atom. The zero-order valence-corrected chi connectivity index (χ0v) is 15.7. The molecule has 8 heteroatoms. The van der Waals surface area contributed by atoms with Gasteiger partial charge in [0.25, 0.3) is 0 Å². The van der Waals surface area contributed by atoms with Gasteiger partial charge in [0.1, 0.15) is 11.3 Å². The summed E-state index contributed by atoms with van der Waals surface area (Å²) in [6, 6.07) is 5.85. The molecular weight excluding hydrogens is 357 g/mol. The summed E-state index contributed by atoms with van der Waals surface area (Å²) >= 11 is 0. The Balaban J connectivity index is 1.51. The van der Waals surface area contributed by atoms with Crippen molar-refractivity contribution < 1.29 is 4.39 Å². The number of anilines is 1. The first-order valence-electron chi connectivity index (χ1n) is 9.32. The smallest absolute Gasteiger partial charge is 0.173 e. The predicted octanol–water partition coefficient (Wildman–Crippen LogP) is 2.59. The molecule has 1 saturated heterocycles. The van der Waals surface area contributed by atoms with E-state index in [0.717, 1.165) is 42.1 Å². The van der Waals surface area contributed by atoms with Gasteiger partial charge in [0, 0.05) is 37.1 Å². The molecule has 0 radical (unpaired) electrons. The molecule has 0 spiro atoms. The standard InChI is InChI=1S/C20H20FN7/c1-12-9-28-10-13(7-15(21)20(28)24-12)19-23-8-17-16(26-19)3-4-18(25-17)27-6-5-14(11-27)22-2/h3-4,7-10,14,22H,5-6,11H2,1-2H3. The van der Waals surface area contributed by atoms with Crippen molar-refractivity contribution in [2.75, 3.05) is 25.0 Å². The lowest BCUT2D eigenvalue weighted by molar-refractivity contribution is 0.616. The second-order valence-electron chi connectivity index (χ2n) is 7.18. The van der Waals surface area contributed by atoms with Crippen molar-refractivity contribution >= 4 is 22.5 Å². The van der Waals surface area contributed by atoms with E-state index in [9.17, 15) is 4.39 Å². The highest BCUT2D eigenvalue weighted by Crippen LogP contribution is 2.24. The first-order chi connectivity index (χ1) is 13.6. The van der Waals surface area contributed by atoms with Gasteiger partial charge in [-0.05, 0) is 38.6 Å². The van der Waals surface area contributed by atoms with E-state index in [4.69, 9.17) is 4.98 Å². The van der Waals surface area contributed by atoms with Crippen LogP contribution in [0.3, 0.4) is 0 Å². The van der Waals surface area contributed by atoms with Gasteiger partial charge in [-0.3, -0.25) is 0 Å². The highest BCUT2D eigenvalue weighted by Gasteiger charge is 2.22. The Labute approximate surface area is 161 Å². The van der Waals surface area contributed by atoms with Gasteiger partial charge in [0.2, 0.25) is 0 Å². The van der Waals surface area contributed by atoms with Crippen LogP contribution in [0.5, 0.6) is 0 Å². The molecule has 5 rings (SSSR count). The van der Waals surface area contributed by atoms with Crippen molar-refractivity contribution in [1.82, 2.24) is 29.7 Å². The van der Waals surface area contributed by atoms with Crippen LogP contribution < -0.4 is 10.2 Å². The molecule has 1 N–H and O–H groups in total. The lowest BCUT2D eigenvalue weighted by Crippen LogP contribution is -2.29. The minimum Gasteiger partial charge on any atom is -0.355 e. The molecule has 1 unspecified atom stereocenters. The first-order valence-corrected chi connectivity index (χ1v) is 9.32. The molecule has 1 fully saturated rings. The zero-order valence-electron chi connectivity index (χ0n) is 15.7. The van der Waals surface area contributed by atoms with E-state index in [1.807, 2.05) is 26.1 Å². The van der Waals surface area contributed by atoms with E-state index in [2.05, 4.69) is 25.2 Å². The van der Waals surface area contributed by atoms with E-state index in [1.165, 1.54) is 6.07 Å². The van der Waals surface area contributed by atoms with Crippen LogP contribution in [0.4, 0.5) is 10.2 Å². The minimum absolute atomic E-state index is 0.304. The number of likely N-dealkylation sites (N-methyl/N-ethyl adjacent to an activating group) is 1. The van der Waals surface area contributed by atoms with Gasteiger partial charge in [-0.1, -0.05) is 0 Å². The van der Waals surface area contributed by atoms with Crippen molar-refractivity contribution in [1.29, 1.82) is 0 Å². The highest BCUT2D eigenvalue weighted by atomic mass is 19.1. The van der Waals surface area contributed by atoms with Gasteiger partial charge in [0.15, 0.2) is 17.3 Å². The summed E-state index contributed by atoms with van der Waals surface area (Å²) in [5.41, 5.74) is 3.13. The molecule has 7 nitrogen and oxygen atoms in total. The summed E-state index contributed by atoms with van der Waals surface area (Å²) in [5.74, 6) is 1.00. The highest BCUT2D eigenvalue weighted by molar-refractivity contribution is 5.77. The van der Waals surface area contributed by atoms with Gasteiger partial charge < -0.3 is 14.6 Å². The van der Waals surface area contributed by atoms with Crippen LogP contribution in [0.15, 0.2) is 36.8 Å². The number of fused-ring (bicyclic) bond motifs is 2. The lowest BCUT2D eigenvalue weighted by Gasteiger charge is -2.17. The molecular formula is C20H20FN7. The summed E-state index contributed by atoms with van der Waals surface area (Å²) in [4.78, 5) is 20.2. The van der Waals surface area contributed by atoms with Crippen LogP contribution in [0, 0.1) is 12.7 Å². The number of hydrogen-bond donors (Lipinski definition) is 1. The normalized spacial score (nSPS) is 17.1. The quantitative estimate of drug-likeness (QED) is 0.592. The van der Waals surface area contributed by atoms with E-state index in [1.54, 1.807) is 23.0 Å². The maximum atomic E-state index is 14.4. The molecule has 0 bridgehead atoms. The topological polar surface area (TPSA) is 71.2 Å². The molecule has 1 aliphatic heterocycles. The number of halogens is 1. The van der Waals surface area contributed by atoms with Crippen molar-refractivity contribution in [3.63, 3.8) is 0 Å². The van der Waals surface area contributed by atoms with Crippen molar-refractivity contribution in [3.8, 4) is 11.4 Å². The van der Waals surface area contributed by atoms with E-state index >= 15 is 0 Å². The van der Waals surface area contributed by atoms with Gasteiger partial charge in [-0.25, -0.2) is 24.3 Å². The average Bonchev–Trinajstić information content (AvgIpc) is 3.33. The third-order valence-electron chi connectivity index (χ3n) is 5.23. The fourth-order valence-electron chi connectivity index (χ4n) is 3.73. The van der Waals surface area contributed by atoms with Crippen LogP contribution in [0.2, 0.25) is 0 Å². The fourth-order valence-corrected chi connectivity index (χ4v) is 3.73. The summed E-state index contributed by atoms with van der Waals surface area (Å²) in [7, 11) is 1.99. The predicted molar refractivity (Wildman–Crippen MR) is 106 cm³/mol. The Kier molecular flexibility index (Phi) is 3.94. The van der Waals surface area contributed by atoms with Crippen LogP contribution in [0.25, 0.3) is 28.1 Å². The maximum absolute atomic E-state index is 14.4. The Hall–Kier alpha value is -3.13. The van der Waals surface area contributed by atoms with E-state index < -0.39 is 5.82 Å². The third-order valence-corrected chi connectivity index (χ3v) is 5.23. The van der Waals surface area contributed by atoms with Crippen molar-refractivity contribution in [2.24, 2.45) is 0 Å². The molecule has 4 aromatic heterocycles. The summed E-state index contributed by atoms with van der Waals surface area (Å²) in [5, 5.41) is 3.31.